The summed E-state index contributed by atoms with van der Waals surface area (Å²) in [6.45, 7) is 2.57. The predicted molar refractivity (Wildman–Crippen MR) is 126 cm³/mol. The average Bonchev–Trinajstić information content (AvgIpc) is 3.51. The molecule has 2 aliphatic rings. The molecule has 2 saturated heterocycles. The summed E-state index contributed by atoms with van der Waals surface area (Å²) in [5, 5.41) is 0. The first-order chi connectivity index (χ1) is 16.5. The molecule has 9 heteroatoms. The largest absolute Gasteiger partial charge is 0.497 e. The molecule has 1 unspecified atom stereocenters. The molecule has 0 saturated carbocycles. The maximum atomic E-state index is 14.3. The van der Waals surface area contributed by atoms with Gasteiger partial charge >= 0.3 is 0 Å². The molecule has 34 heavy (non-hydrogen) atoms. The van der Waals surface area contributed by atoms with E-state index in [-0.39, 0.29) is 30.0 Å². The Morgan fingerprint density at radius 1 is 1.09 bits per heavy atom. The van der Waals surface area contributed by atoms with Crippen molar-refractivity contribution in [3.63, 3.8) is 0 Å². The molecule has 3 heterocycles. The molecule has 2 amide bonds. The highest BCUT2D eigenvalue weighted by molar-refractivity contribution is 6.00. The van der Waals surface area contributed by atoms with Gasteiger partial charge in [-0.15, -0.1) is 0 Å². The number of methoxy groups -OCH3 is 1. The Hall–Kier alpha value is -3.88. The Bertz CT molecular complexity index is 1200. The molecule has 1 atom stereocenters. The third kappa shape index (κ3) is 4.09. The van der Waals surface area contributed by atoms with Crippen LogP contribution < -0.4 is 14.5 Å². The number of hydrogen-bond acceptors (Lipinski definition) is 5. The molecule has 0 radical (unpaired) electrons. The van der Waals surface area contributed by atoms with E-state index in [0.717, 1.165) is 5.69 Å². The third-order valence-electron chi connectivity index (χ3n) is 6.45. The van der Waals surface area contributed by atoms with Crippen LogP contribution in [0.15, 0.2) is 60.9 Å². The van der Waals surface area contributed by atoms with Gasteiger partial charge in [-0.2, -0.15) is 0 Å². The highest BCUT2D eigenvalue weighted by Crippen LogP contribution is 2.29. The van der Waals surface area contributed by atoms with Crippen LogP contribution in [0.5, 0.6) is 5.75 Å². The SMILES string of the molecule is COc1cccc(N2CC(C(=O)N3CCN(c4nccn4-c4ccccc4F)CC3)CC2=O)c1. The number of para-hydroxylation sites is 1. The van der Waals surface area contributed by atoms with Crippen LogP contribution in [0, 0.1) is 11.7 Å². The van der Waals surface area contributed by atoms with Gasteiger partial charge in [0.2, 0.25) is 17.8 Å². The molecule has 176 valence electrons. The Morgan fingerprint density at radius 3 is 2.65 bits per heavy atom. The fourth-order valence-corrected chi connectivity index (χ4v) is 4.65. The number of hydrogen-bond donors (Lipinski definition) is 0. The highest BCUT2D eigenvalue weighted by atomic mass is 19.1. The summed E-state index contributed by atoms with van der Waals surface area (Å²) in [7, 11) is 1.58. The van der Waals surface area contributed by atoms with E-state index in [1.165, 1.54) is 6.07 Å². The van der Waals surface area contributed by atoms with Crippen molar-refractivity contribution in [3.05, 3.63) is 66.7 Å². The van der Waals surface area contributed by atoms with Crippen LogP contribution >= 0.6 is 0 Å². The van der Waals surface area contributed by atoms with E-state index in [2.05, 4.69) is 9.88 Å². The number of ether oxygens (including phenoxy) is 1. The smallest absolute Gasteiger partial charge is 0.228 e. The van der Waals surface area contributed by atoms with Crippen molar-refractivity contribution in [2.75, 3.05) is 49.6 Å². The fourth-order valence-electron chi connectivity index (χ4n) is 4.65. The molecule has 3 aromatic rings. The predicted octanol–water partition coefficient (Wildman–Crippen LogP) is 2.72. The summed E-state index contributed by atoms with van der Waals surface area (Å²) >= 11 is 0. The van der Waals surface area contributed by atoms with E-state index in [0.29, 0.717) is 50.1 Å². The summed E-state index contributed by atoms with van der Waals surface area (Å²) < 4.78 is 21.3. The minimum atomic E-state index is -0.370. The van der Waals surface area contributed by atoms with E-state index in [4.69, 9.17) is 4.74 Å². The van der Waals surface area contributed by atoms with E-state index in [1.54, 1.807) is 53.2 Å². The molecule has 0 N–H and O–H groups in total. The Kier molecular flexibility index (Phi) is 5.91. The van der Waals surface area contributed by atoms with E-state index < -0.39 is 0 Å². The zero-order valence-corrected chi connectivity index (χ0v) is 18.9. The van der Waals surface area contributed by atoms with E-state index >= 15 is 0 Å². The number of halogens is 1. The number of nitrogens with zero attached hydrogens (tertiary/aromatic N) is 5. The summed E-state index contributed by atoms with van der Waals surface area (Å²) in [6, 6.07) is 13.9. The van der Waals surface area contributed by atoms with Crippen LogP contribution in [0.2, 0.25) is 0 Å². The Morgan fingerprint density at radius 2 is 1.88 bits per heavy atom. The lowest BCUT2D eigenvalue weighted by molar-refractivity contribution is -0.136. The van der Waals surface area contributed by atoms with Gasteiger partial charge in [0.1, 0.15) is 11.6 Å². The minimum Gasteiger partial charge on any atom is -0.497 e. The molecule has 2 aliphatic heterocycles. The number of benzene rings is 2. The lowest BCUT2D eigenvalue weighted by atomic mass is 10.1. The van der Waals surface area contributed by atoms with Crippen LogP contribution in [0.25, 0.3) is 5.69 Å². The first-order valence-corrected chi connectivity index (χ1v) is 11.3. The molecule has 2 fully saturated rings. The van der Waals surface area contributed by atoms with Gasteiger partial charge < -0.3 is 19.4 Å². The molecule has 2 aromatic carbocycles. The molecule has 0 spiro atoms. The van der Waals surface area contributed by atoms with Crippen LogP contribution in [-0.4, -0.2) is 66.1 Å². The van der Waals surface area contributed by atoms with Crippen molar-refractivity contribution in [1.29, 1.82) is 0 Å². The van der Waals surface area contributed by atoms with Crippen LogP contribution in [0.1, 0.15) is 6.42 Å². The number of piperazine rings is 1. The molecule has 0 bridgehead atoms. The van der Waals surface area contributed by atoms with Gasteiger partial charge in [-0.3, -0.25) is 14.2 Å². The number of aromatic nitrogens is 2. The first kappa shape index (κ1) is 21.9. The number of anilines is 2. The summed E-state index contributed by atoms with van der Waals surface area (Å²) in [4.78, 5) is 35.8. The van der Waals surface area contributed by atoms with Crippen LogP contribution in [-0.2, 0) is 9.59 Å². The van der Waals surface area contributed by atoms with Crippen molar-refractivity contribution in [2.45, 2.75) is 6.42 Å². The van der Waals surface area contributed by atoms with Crippen molar-refractivity contribution < 1.29 is 18.7 Å². The zero-order valence-electron chi connectivity index (χ0n) is 18.9. The van der Waals surface area contributed by atoms with Gasteiger partial charge in [0.25, 0.3) is 0 Å². The number of carbonyl (C=O) groups is 2. The van der Waals surface area contributed by atoms with Crippen molar-refractivity contribution in [3.8, 4) is 11.4 Å². The van der Waals surface area contributed by atoms with Gasteiger partial charge in [-0.05, 0) is 24.3 Å². The molecule has 0 aliphatic carbocycles. The van der Waals surface area contributed by atoms with Gasteiger partial charge in [-0.1, -0.05) is 18.2 Å². The maximum absolute atomic E-state index is 14.3. The van der Waals surface area contributed by atoms with Gasteiger partial charge in [0.05, 0.1) is 18.7 Å². The van der Waals surface area contributed by atoms with E-state index in [1.807, 2.05) is 23.1 Å². The molecular weight excluding hydrogens is 437 g/mol. The quantitative estimate of drug-likeness (QED) is 0.582. The highest BCUT2D eigenvalue weighted by Gasteiger charge is 2.38. The standard InChI is InChI=1S/C25H26FN5O3/c1-34-20-6-4-5-19(16-20)31-17-18(15-23(31)32)24(33)28-11-13-29(14-12-28)25-27-9-10-30(25)22-8-3-2-7-21(22)26/h2-10,16,18H,11-15,17H2,1H3. The summed E-state index contributed by atoms with van der Waals surface area (Å²) in [6.07, 6.45) is 3.59. The lowest BCUT2D eigenvalue weighted by Crippen LogP contribution is -2.51. The fraction of sp³-hybridized carbons (Fsp3) is 0.320. The minimum absolute atomic E-state index is 0.00385. The first-order valence-electron chi connectivity index (χ1n) is 11.3. The number of amides is 2. The lowest BCUT2D eigenvalue weighted by Gasteiger charge is -2.36. The van der Waals surface area contributed by atoms with Gasteiger partial charge in [-0.25, -0.2) is 9.37 Å². The Balaban J connectivity index is 1.23. The monoisotopic (exact) mass is 463 g/mol. The van der Waals surface area contributed by atoms with Crippen LogP contribution in [0.3, 0.4) is 0 Å². The maximum Gasteiger partial charge on any atom is 0.228 e. The summed E-state index contributed by atoms with van der Waals surface area (Å²) in [5.74, 6) is 0.572. The third-order valence-corrected chi connectivity index (χ3v) is 6.45. The number of carbonyl (C=O) groups excluding carboxylic acids is 2. The zero-order chi connectivity index (χ0) is 23.7. The molecule has 8 nitrogen and oxygen atoms in total. The van der Waals surface area contributed by atoms with Gasteiger partial charge in [0, 0.05) is 63.3 Å². The normalized spacial score (nSPS) is 18.5. The second-order valence-electron chi connectivity index (χ2n) is 8.47. The Labute approximate surface area is 197 Å². The topological polar surface area (TPSA) is 70.9 Å². The molecule has 5 rings (SSSR count). The second kappa shape index (κ2) is 9.17. The number of imidazole rings is 1. The second-order valence-corrected chi connectivity index (χ2v) is 8.47. The summed E-state index contributed by atoms with van der Waals surface area (Å²) in [5.41, 5.74) is 1.18. The molecule has 1 aromatic heterocycles. The number of rotatable bonds is 5. The average molecular weight is 464 g/mol. The van der Waals surface area contributed by atoms with Crippen molar-refractivity contribution in [2.24, 2.45) is 5.92 Å². The van der Waals surface area contributed by atoms with Crippen LogP contribution in [0.4, 0.5) is 16.0 Å². The van der Waals surface area contributed by atoms with E-state index in [9.17, 15) is 14.0 Å². The molecular formula is C25H26FN5O3. The van der Waals surface area contributed by atoms with Crippen molar-refractivity contribution >= 4 is 23.5 Å². The van der Waals surface area contributed by atoms with Gasteiger partial charge in [0.15, 0.2) is 0 Å². The van der Waals surface area contributed by atoms with Crippen molar-refractivity contribution in [1.82, 2.24) is 14.5 Å².